The molecule has 3 atom stereocenters. The zero-order chi connectivity index (χ0) is 8.65. The van der Waals surface area contributed by atoms with Gasteiger partial charge in [-0.3, -0.25) is 0 Å². The lowest BCUT2D eigenvalue weighted by Gasteiger charge is -2.15. The van der Waals surface area contributed by atoms with Gasteiger partial charge in [0.25, 0.3) is 0 Å². The summed E-state index contributed by atoms with van der Waals surface area (Å²) in [5.41, 5.74) is 0.677. The molecule has 0 aliphatic heterocycles. The van der Waals surface area contributed by atoms with Crippen molar-refractivity contribution in [2.24, 2.45) is 23.2 Å². The Morgan fingerprint density at radius 2 is 1.91 bits per heavy atom. The molecule has 0 saturated heterocycles. The van der Waals surface area contributed by atoms with Gasteiger partial charge >= 0.3 is 0 Å². The molecule has 1 rings (SSSR count). The maximum atomic E-state index is 2.46. The molecule has 0 bridgehead atoms. The third-order valence-corrected chi connectivity index (χ3v) is 4.12. The highest BCUT2D eigenvalue weighted by Gasteiger charge is 2.58. The van der Waals surface area contributed by atoms with Crippen molar-refractivity contribution in [3.63, 3.8) is 0 Å². The summed E-state index contributed by atoms with van der Waals surface area (Å²) in [5, 5.41) is 0. The third kappa shape index (κ3) is 1.21. The summed E-state index contributed by atoms with van der Waals surface area (Å²) in [6.07, 6.45) is 2.80. The van der Waals surface area contributed by atoms with Crippen molar-refractivity contribution < 1.29 is 0 Å². The van der Waals surface area contributed by atoms with E-state index in [2.05, 4.69) is 34.6 Å². The highest BCUT2D eigenvalue weighted by atomic mass is 14.6. The Labute approximate surface area is 71.4 Å². The molecular weight excluding hydrogens is 132 g/mol. The first-order valence-electron chi connectivity index (χ1n) is 5.05. The molecule has 1 aliphatic rings. The zero-order valence-electron chi connectivity index (χ0n) is 8.65. The summed E-state index contributed by atoms with van der Waals surface area (Å²) < 4.78 is 0. The Hall–Kier alpha value is 0. The highest BCUT2D eigenvalue weighted by molar-refractivity contribution is 5.06. The van der Waals surface area contributed by atoms with Crippen LogP contribution in [0.3, 0.4) is 0 Å². The number of hydrogen-bond donors (Lipinski definition) is 0. The van der Waals surface area contributed by atoms with Gasteiger partial charge in [0, 0.05) is 0 Å². The number of hydrogen-bond acceptors (Lipinski definition) is 0. The normalized spacial score (nSPS) is 43.1. The van der Waals surface area contributed by atoms with Crippen LogP contribution in [0.1, 0.15) is 47.5 Å². The van der Waals surface area contributed by atoms with E-state index in [-0.39, 0.29) is 0 Å². The monoisotopic (exact) mass is 154 g/mol. The van der Waals surface area contributed by atoms with Crippen LogP contribution in [0.25, 0.3) is 0 Å². The molecule has 0 amide bonds. The second-order valence-corrected chi connectivity index (χ2v) is 4.70. The standard InChI is InChI=1S/C11H22/c1-6-7-10-9(4)11(10,5)8(2)3/h8-10H,6-7H2,1-5H3. The summed E-state index contributed by atoms with van der Waals surface area (Å²) >= 11 is 0. The van der Waals surface area contributed by atoms with Crippen molar-refractivity contribution in [1.29, 1.82) is 0 Å². The molecule has 0 nitrogen and oxygen atoms in total. The minimum absolute atomic E-state index is 0.677. The van der Waals surface area contributed by atoms with Gasteiger partial charge < -0.3 is 0 Å². The first-order chi connectivity index (χ1) is 5.05. The third-order valence-electron chi connectivity index (χ3n) is 4.12. The van der Waals surface area contributed by atoms with Crippen LogP contribution in [0.5, 0.6) is 0 Å². The fraction of sp³-hybridized carbons (Fsp3) is 1.00. The molecule has 3 unspecified atom stereocenters. The smallest absolute Gasteiger partial charge is 0.0243 e. The molecule has 0 heteroatoms. The molecule has 0 aromatic heterocycles. The Kier molecular flexibility index (Phi) is 2.32. The molecule has 0 aromatic rings. The lowest BCUT2D eigenvalue weighted by molar-refractivity contribution is 0.335. The molecular formula is C11H22. The van der Waals surface area contributed by atoms with E-state index in [0.29, 0.717) is 5.41 Å². The van der Waals surface area contributed by atoms with Crippen LogP contribution in [-0.4, -0.2) is 0 Å². The van der Waals surface area contributed by atoms with E-state index in [1.54, 1.807) is 0 Å². The Bertz CT molecular complexity index is 137. The zero-order valence-corrected chi connectivity index (χ0v) is 8.65. The molecule has 0 N–H and O–H groups in total. The Morgan fingerprint density at radius 1 is 1.36 bits per heavy atom. The van der Waals surface area contributed by atoms with Gasteiger partial charge in [0.1, 0.15) is 0 Å². The number of rotatable bonds is 3. The highest BCUT2D eigenvalue weighted by Crippen LogP contribution is 2.64. The minimum atomic E-state index is 0.677. The van der Waals surface area contributed by atoms with E-state index in [1.807, 2.05) is 0 Å². The average Bonchev–Trinajstić information content (AvgIpc) is 2.43. The van der Waals surface area contributed by atoms with E-state index in [9.17, 15) is 0 Å². The molecule has 1 fully saturated rings. The van der Waals surface area contributed by atoms with Crippen LogP contribution in [0.4, 0.5) is 0 Å². The molecule has 0 spiro atoms. The van der Waals surface area contributed by atoms with Crippen LogP contribution in [0, 0.1) is 23.2 Å². The summed E-state index contributed by atoms with van der Waals surface area (Å²) in [4.78, 5) is 0. The van der Waals surface area contributed by atoms with Crippen LogP contribution in [-0.2, 0) is 0 Å². The molecule has 66 valence electrons. The second kappa shape index (κ2) is 2.80. The molecule has 0 heterocycles. The summed E-state index contributed by atoms with van der Waals surface area (Å²) in [5.74, 6) is 2.86. The summed E-state index contributed by atoms with van der Waals surface area (Å²) in [7, 11) is 0. The van der Waals surface area contributed by atoms with Gasteiger partial charge in [0.05, 0.1) is 0 Å². The van der Waals surface area contributed by atoms with Crippen LogP contribution >= 0.6 is 0 Å². The topological polar surface area (TPSA) is 0 Å². The van der Waals surface area contributed by atoms with E-state index in [1.165, 1.54) is 12.8 Å². The van der Waals surface area contributed by atoms with Crippen LogP contribution < -0.4 is 0 Å². The average molecular weight is 154 g/mol. The van der Waals surface area contributed by atoms with Gasteiger partial charge in [-0.05, 0) is 29.6 Å². The summed E-state index contributed by atoms with van der Waals surface area (Å²) in [6, 6.07) is 0. The van der Waals surface area contributed by atoms with E-state index in [0.717, 1.165) is 17.8 Å². The maximum Gasteiger partial charge on any atom is -0.0243 e. The largest absolute Gasteiger partial charge is 0.0654 e. The van der Waals surface area contributed by atoms with Crippen molar-refractivity contribution in [3.8, 4) is 0 Å². The fourth-order valence-electron chi connectivity index (χ4n) is 2.69. The Balaban J connectivity index is 2.50. The summed E-state index contributed by atoms with van der Waals surface area (Å²) in [6.45, 7) is 11.9. The van der Waals surface area contributed by atoms with Crippen LogP contribution in [0.15, 0.2) is 0 Å². The van der Waals surface area contributed by atoms with Gasteiger partial charge in [0.15, 0.2) is 0 Å². The van der Waals surface area contributed by atoms with Gasteiger partial charge in [0.2, 0.25) is 0 Å². The first kappa shape index (κ1) is 9.09. The van der Waals surface area contributed by atoms with Crippen molar-refractivity contribution in [2.75, 3.05) is 0 Å². The maximum absolute atomic E-state index is 2.46. The molecule has 1 saturated carbocycles. The van der Waals surface area contributed by atoms with Crippen LogP contribution in [0.2, 0.25) is 0 Å². The van der Waals surface area contributed by atoms with Crippen molar-refractivity contribution in [1.82, 2.24) is 0 Å². The molecule has 0 radical (unpaired) electrons. The predicted octanol–water partition coefficient (Wildman–Crippen LogP) is 3.71. The van der Waals surface area contributed by atoms with E-state index >= 15 is 0 Å². The van der Waals surface area contributed by atoms with E-state index < -0.39 is 0 Å². The van der Waals surface area contributed by atoms with Gasteiger partial charge in [-0.15, -0.1) is 0 Å². The van der Waals surface area contributed by atoms with Crippen molar-refractivity contribution in [2.45, 2.75) is 47.5 Å². The van der Waals surface area contributed by atoms with E-state index in [4.69, 9.17) is 0 Å². The minimum Gasteiger partial charge on any atom is -0.0654 e. The molecule has 1 aliphatic carbocycles. The quantitative estimate of drug-likeness (QED) is 0.581. The van der Waals surface area contributed by atoms with Gasteiger partial charge in [-0.2, -0.15) is 0 Å². The van der Waals surface area contributed by atoms with Gasteiger partial charge in [-0.1, -0.05) is 41.0 Å². The lowest BCUT2D eigenvalue weighted by Crippen LogP contribution is -2.08. The first-order valence-corrected chi connectivity index (χ1v) is 5.05. The predicted molar refractivity (Wildman–Crippen MR) is 50.5 cm³/mol. The second-order valence-electron chi connectivity index (χ2n) is 4.70. The van der Waals surface area contributed by atoms with Crippen molar-refractivity contribution in [3.05, 3.63) is 0 Å². The van der Waals surface area contributed by atoms with Crippen molar-refractivity contribution >= 4 is 0 Å². The fourth-order valence-corrected chi connectivity index (χ4v) is 2.69. The Morgan fingerprint density at radius 3 is 2.18 bits per heavy atom. The van der Waals surface area contributed by atoms with Gasteiger partial charge in [-0.25, -0.2) is 0 Å². The SMILES string of the molecule is CCCC1C(C)C1(C)C(C)C. The lowest BCUT2D eigenvalue weighted by atomic mass is 9.90. The molecule has 0 aromatic carbocycles. The molecule has 11 heavy (non-hydrogen) atoms.